The monoisotopic (exact) mass is 252 g/mol. The Hall–Kier alpha value is -1.46. The van der Waals surface area contributed by atoms with Crippen molar-refractivity contribution in [3.63, 3.8) is 0 Å². The maximum atomic E-state index is 9.82. The highest BCUT2D eigenvalue weighted by molar-refractivity contribution is 5.61. The molecule has 1 unspecified atom stereocenters. The van der Waals surface area contributed by atoms with Crippen molar-refractivity contribution in [1.29, 1.82) is 0 Å². The summed E-state index contributed by atoms with van der Waals surface area (Å²) in [6.45, 7) is 2.94. The van der Waals surface area contributed by atoms with Gasteiger partial charge in [0.2, 0.25) is 0 Å². The number of hydrogen-bond donors (Lipinski definition) is 2. The van der Waals surface area contributed by atoms with Crippen LogP contribution in [0.25, 0.3) is 0 Å². The van der Waals surface area contributed by atoms with Crippen LogP contribution in [0.2, 0.25) is 0 Å². The predicted molar refractivity (Wildman–Crippen MR) is 70.6 cm³/mol. The van der Waals surface area contributed by atoms with Gasteiger partial charge in [-0.2, -0.15) is 0 Å². The highest BCUT2D eigenvalue weighted by Gasteiger charge is 2.19. The Kier molecular flexibility index (Phi) is 4.28. The van der Waals surface area contributed by atoms with Gasteiger partial charge in [0.15, 0.2) is 0 Å². The fraction of sp³-hybridized carbons (Fsp3) is 0.538. The lowest BCUT2D eigenvalue weighted by atomic mass is 10.2. The van der Waals surface area contributed by atoms with Gasteiger partial charge in [0.1, 0.15) is 11.5 Å². The van der Waals surface area contributed by atoms with E-state index < -0.39 is 0 Å². The molecule has 1 aromatic rings. The number of ether oxygens (including phenoxy) is 2. The molecule has 1 fully saturated rings. The number of nitrogens with zero attached hydrogens (tertiary/aromatic N) is 1. The molecule has 2 N–H and O–H groups in total. The van der Waals surface area contributed by atoms with E-state index in [1.807, 2.05) is 18.2 Å². The Balaban J connectivity index is 2.25. The summed E-state index contributed by atoms with van der Waals surface area (Å²) in [7, 11) is 3.28. The summed E-state index contributed by atoms with van der Waals surface area (Å²) >= 11 is 0. The second kappa shape index (κ2) is 5.93. The van der Waals surface area contributed by atoms with E-state index >= 15 is 0 Å². The molecule has 0 aromatic heterocycles. The normalized spacial score (nSPS) is 20.4. The van der Waals surface area contributed by atoms with Gasteiger partial charge in [-0.25, -0.2) is 0 Å². The lowest BCUT2D eigenvalue weighted by molar-refractivity contribution is 0.184. The second-order valence-electron chi connectivity index (χ2n) is 4.34. The molecule has 1 aromatic carbocycles. The quantitative estimate of drug-likeness (QED) is 0.819. The van der Waals surface area contributed by atoms with Crippen molar-refractivity contribution in [2.45, 2.75) is 6.10 Å². The summed E-state index contributed by atoms with van der Waals surface area (Å²) < 4.78 is 10.6. The zero-order valence-corrected chi connectivity index (χ0v) is 10.8. The van der Waals surface area contributed by atoms with Crippen molar-refractivity contribution in [3.05, 3.63) is 18.2 Å². The molecular weight excluding hydrogens is 232 g/mol. The smallest absolute Gasteiger partial charge is 0.145 e. The van der Waals surface area contributed by atoms with Crippen molar-refractivity contribution in [3.8, 4) is 11.5 Å². The number of anilines is 1. The second-order valence-corrected chi connectivity index (χ2v) is 4.34. The van der Waals surface area contributed by atoms with Crippen LogP contribution in [0.1, 0.15) is 0 Å². The molecule has 1 heterocycles. The lowest BCUT2D eigenvalue weighted by Gasteiger charge is -2.26. The Morgan fingerprint density at radius 2 is 2.17 bits per heavy atom. The van der Waals surface area contributed by atoms with Crippen molar-refractivity contribution in [1.82, 2.24) is 5.32 Å². The topological polar surface area (TPSA) is 54.0 Å². The largest absolute Gasteiger partial charge is 0.497 e. The van der Waals surface area contributed by atoms with Crippen LogP contribution in [0.4, 0.5) is 5.69 Å². The third-order valence-corrected chi connectivity index (χ3v) is 3.10. The van der Waals surface area contributed by atoms with Crippen LogP contribution >= 0.6 is 0 Å². The molecule has 1 atom stereocenters. The van der Waals surface area contributed by atoms with E-state index in [1.165, 1.54) is 0 Å². The third-order valence-electron chi connectivity index (χ3n) is 3.10. The lowest BCUT2D eigenvalue weighted by Crippen LogP contribution is -2.32. The molecule has 100 valence electrons. The first kappa shape index (κ1) is 13.0. The fourth-order valence-electron chi connectivity index (χ4n) is 2.16. The summed E-state index contributed by atoms with van der Waals surface area (Å²) in [5.74, 6) is 1.53. The molecular formula is C13H20N2O3. The summed E-state index contributed by atoms with van der Waals surface area (Å²) in [6, 6.07) is 5.73. The number of methoxy groups -OCH3 is 2. The standard InChI is InChI=1S/C13H20N2O3/c1-17-11-3-4-12(13(7-11)18-2)15-6-5-14-8-10(16)9-15/h3-4,7,10,14,16H,5-6,8-9H2,1-2H3. The third kappa shape index (κ3) is 2.86. The maximum Gasteiger partial charge on any atom is 0.145 e. The van der Waals surface area contributed by atoms with Crippen LogP contribution in [0.3, 0.4) is 0 Å². The first-order valence-corrected chi connectivity index (χ1v) is 6.10. The molecule has 1 aliphatic heterocycles. The Morgan fingerprint density at radius 1 is 1.33 bits per heavy atom. The molecule has 5 nitrogen and oxygen atoms in total. The van der Waals surface area contributed by atoms with E-state index in [-0.39, 0.29) is 6.10 Å². The number of aliphatic hydroxyl groups is 1. The zero-order valence-electron chi connectivity index (χ0n) is 10.8. The minimum atomic E-state index is -0.362. The van der Waals surface area contributed by atoms with E-state index in [0.717, 1.165) is 30.3 Å². The number of hydrogen-bond acceptors (Lipinski definition) is 5. The number of β-amino-alcohol motifs (C(OH)–C–C–N with tert-alkyl or cyclic N) is 1. The highest BCUT2D eigenvalue weighted by Crippen LogP contribution is 2.32. The first-order valence-electron chi connectivity index (χ1n) is 6.10. The van der Waals surface area contributed by atoms with Crippen LogP contribution in [-0.4, -0.2) is 51.6 Å². The Morgan fingerprint density at radius 3 is 2.89 bits per heavy atom. The Labute approximate surface area is 107 Å². The van der Waals surface area contributed by atoms with Crippen LogP contribution in [0.5, 0.6) is 11.5 Å². The molecule has 18 heavy (non-hydrogen) atoms. The van der Waals surface area contributed by atoms with E-state index in [1.54, 1.807) is 14.2 Å². The van der Waals surface area contributed by atoms with Gasteiger partial charge >= 0.3 is 0 Å². The van der Waals surface area contributed by atoms with E-state index in [9.17, 15) is 5.11 Å². The molecule has 5 heteroatoms. The van der Waals surface area contributed by atoms with Crippen LogP contribution in [0.15, 0.2) is 18.2 Å². The average molecular weight is 252 g/mol. The number of aliphatic hydroxyl groups excluding tert-OH is 1. The summed E-state index contributed by atoms with van der Waals surface area (Å²) in [5.41, 5.74) is 0.987. The Bertz CT molecular complexity index is 398. The molecule has 0 radical (unpaired) electrons. The number of benzene rings is 1. The number of nitrogens with one attached hydrogen (secondary N) is 1. The molecule has 1 saturated heterocycles. The van der Waals surface area contributed by atoms with Crippen molar-refractivity contribution in [2.75, 3.05) is 45.3 Å². The van der Waals surface area contributed by atoms with Gasteiger partial charge in [0.25, 0.3) is 0 Å². The van der Waals surface area contributed by atoms with E-state index in [2.05, 4.69) is 10.2 Å². The van der Waals surface area contributed by atoms with Gasteiger partial charge in [-0.15, -0.1) is 0 Å². The van der Waals surface area contributed by atoms with Gasteiger partial charge in [-0.05, 0) is 12.1 Å². The molecule has 0 bridgehead atoms. The summed E-state index contributed by atoms with van der Waals surface area (Å²) in [6.07, 6.45) is -0.362. The molecule has 0 spiro atoms. The van der Waals surface area contributed by atoms with Gasteiger partial charge in [0.05, 0.1) is 26.0 Å². The van der Waals surface area contributed by atoms with E-state index in [4.69, 9.17) is 9.47 Å². The van der Waals surface area contributed by atoms with E-state index in [0.29, 0.717) is 13.1 Å². The predicted octanol–water partition coefficient (Wildman–Crippen LogP) is 0.474. The minimum Gasteiger partial charge on any atom is -0.497 e. The highest BCUT2D eigenvalue weighted by atomic mass is 16.5. The zero-order chi connectivity index (χ0) is 13.0. The molecule has 2 rings (SSSR count). The van der Waals surface area contributed by atoms with Gasteiger partial charge in [-0.3, -0.25) is 0 Å². The van der Waals surface area contributed by atoms with Gasteiger partial charge in [0, 0.05) is 32.2 Å². The first-order chi connectivity index (χ1) is 8.74. The summed E-state index contributed by atoms with van der Waals surface area (Å²) in [4.78, 5) is 2.13. The number of rotatable bonds is 3. The fourth-order valence-corrected chi connectivity index (χ4v) is 2.16. The minimum absolute atomic E-state index is 0.362. The molecule has 0 aliphatic carbocycles. The summed E-state index contributed by atoms with van der Waals surface area (Å²) in [5, 5.41) is 13.0. The van der Waals surface area contributed by atoms with Crippen molar-refractivity contribution < 1.29 is 14.6 Å². The van der Waals surface area contributed by atoms with Crippen molar-refractivity contribution in [2.24, 2.45) is 0 Å². The maximum absolute atomic E-state index is 9.82. The van der Waals surface area contributed by atoms with Gasteiger partial charge in [-0.1, -0.05) is 0 Å². The average Bonchev–Trinajstić information content (AvgIpc) is 2.62. The van der Waals surface area contributed by atoms with Crippen LogP contribution in [0, 0.1) is 0 Å². The van der Waals surface area contributed by atoms with Crippen molar-refractivity contribution >= 4 is 5.69 Å². The molecule has 0 saturated carbocycles. The van der Waals surface area contributed by atoms with Gasteiger partial charge < -0.3 is 24.8 Å². The molecule has 0 amide bonds. The SMILES string of the molecule is COc1ccc(N2CCNCC(O)C2)c(OC)c1. The molecule has 1 aliphatic rings. The van der Waals surface area contributed by atoms with Crippen LogP contribution < -0.4 is 19.7 Å². The van der Waals surface area contributed by atoms with Crippen LogP contribution in [-0.2, 0) is 0 Å².